The second-order valence-electron chi connectivity index (χ2n) is 4.70. The number of ether oxygens (including phenoxy) is 1. The average molecular weight is 270 g/mol. The molecule has 2 rings (SSSR count). The molecule has 0 bridgehead atoms. The number of aryl methyl sites for hydroxylation is 1. The summed E-state index contributed by atoms with van der Waals surface area (Å²) in [4.78, 5) is 4.35. The maximum atomic E-state index is 5.86. The molecule has 6 heteroatoms. The van der Waals surface area contributed by atoms with E-state index in [0.29, 0.717) is 12.1 Å². The van der Waals surface area contributed by atoms with Crippen LogP contribution in [0.25, 0.3) is 0 Å². The van der Waals surface area contributed by atoms with Crippen LogP contribution >= 0.6 is 11.5 Å². The second-order valence-corrected chi connectivity index (χ2v) is 5.46. The van der Waals surface area contributed by atoms with E-state index in [0.717, 1.165) is 56.2 Å². The summed E-state index contributed by atoms with van der Waals surface area (Å²) in [5.41, 5.74) is 5.86. The summed E-state index contributed by atoms with van der Waals surface area (Å²) in [6.07, 6.45) is 5.66. The molecule has 102 valence electrons. The molecule has 18 heavy (non-hydrogen) atoms. The van der Waals surface area contributed by atoms with Gasteiger partial charge in [0, 0.05) is 30.5 Å². The molecule has 1 fully saturated rings. The van der Waals surface area contributed by atoms with Crippen molar-refractivity contribution in [2.75, 3.05) is 18.5 Å². The highest BCUT2D eigenvalue weighted by molar-refractivity contribution is 7.09. The summed E-state index contributed by atoms with van der Waals surface area (Å²) in [7, 11) is 0. The fourth-order valence-corrected chi connectivity index (χ4v) is 2.78. The molecule has 0 aromatic carbocycles. The molecule has 0 radical (unpaired) electrons. The highest BCUT2D eigenvalue weighted by atomic mass is 32.1. The van der Waals surface area contributed by atoms with E-state index in [9.17, 15) is 0 Å². The normalized spacial score (nSPS) is 24.1. The molecule has 0 unspecified atom stereocenters. The number of aromatic nitrogens is 2. The van der Waals surface area contributed by atoms with Crippen molar-refractivity contribution in [1.82, 2.24) is 9.36 Å². The van der Waals surface area contributed by atoms with Gasteiger partial charge >= 0.3 is 0 Å². The quantitative estimate of drug-likeness (QED) is 0.771. The van der Waals surface area contributed by atoms with E-state index >= 15 is 0 Å². The van der Waals surface area contributed by atoms with Gasteiger partial charge in [-0.15, -0.1) is 0 Å². The Morgan fingerprint density at radius 1 is 1.39 bits per heavy atom. The zero-order valence-corrected chi connectivity index (χ0v) is 11.7. The maximum Gasteiger partial charge on any atom is 0.202 e. The van der Waals surface area contributed by atoms with Gasteiger partial charge in [-0.2, -0.15) is 4.37 Å². The standard InChI is InChI=1S/C12H22N4OS/c1-2-11-15-12(18-16-11)14-7-8-17-10-5-3-9(13)4-6-10/h9-10H,2-8,13H2,1H3,(H,14,15,16). The van der Waals surface area contributed by atoms with Crippen molar-refractivity contribution in [1.29, 1.82) is 0 Å². The van der Waals surface area contributed by atoms with Gasteiger partial charge in [0.2, 0.25) is 5.13 Å². The minimum atomic E-state index is 0.386. The smallest absolute Gasteiger partial charge is 0.202 e. The number of nitrogens with one attached hydrogen (secondary N) is 1. The molecule has 3 N–H and O–H groups in total. The topological polar surface area (TPSA) is 73.1 Å². The van der Waals surface area contributed by atoms with Crippen LogP contribution in [-0.4, -0.2) is 34.7 Å². The Morgan fingerprint density at radius 2 is 2.17 bits per heavy atom. The predicted octanol–water partition coefficient (Wildman–Crippen LogP) is 1.80. The first-order valence-corrected chi connectivity index (χ1v) is 7.49. The second kappa shape index (κ2) is 7.01. The van der Waals surface area contributed by atoms with Crippen molar-refractivity contribution in [3.8, 4) is 0 Å². The van der Waals surface area contributed by atoms with E-state index in [1.807, 2.05) is 0 Å². The average Bonchev–Trinajstić information content (AvgIpc) is 2.85. The Bertz CT molecular complexity index is 350. The van der Waals surface area contributed by atoms with Crippen LogP contribution in [0.3, 0.4) is 0 Å². The summed E-state index contributed by atoms with van der Waals surface area (Å²) >= 11 is 1.42. The first-order valence-electron chi connectivity index (χ1n) is 6.71. The summed E-state index contributed by atoms with van der Waals surface area (Å²) in [6.45, 7) is 3.57. The van der Waals surface area contributed by atoms with Gasteiger partial charge in [0.15, 0.2) is 0 Å². The van der Waals surface area contributed by atoms with Crippen molar-refractivity contribution >= 4 is 16.7 Å². The van der Waals surface area contributed by atoms with Gasteiger partial charge in [-0.3, -0.25) is 0 Å². The zero-order valence-electron chi connectivity index (χ0n) is 10.9. The van der Waals surface area contributed by atoms with E-state index < -0.39 is 0 Å². The molecular weight excluding hydrogens is 248 g/mol. The molecule has 1 heterocycles. The highest BCUT2D eigenvalue weighted by Crippen LogP contribution is 2.19. The van der Waals surface area contributed by atoms with Crippen LogP contribution in [0.5, 0.6) is 0 Å². The third-order valence-electron chi connectivity index (χ3n) is 3.24. The van der Waals surface area contributed by atoms with Crippen LogP contribution in [0.2, 0.25) is 0 Å². The van der Waals surface area contributed by atoms with Gasteiger partial charge in [-0.1, -0.05) is 6.92 Å². The summed E-state index contributed by atoms with van der Waals surface area (Å²) in [5, 5.41) is 4.13. The van der Waals surface area contributed by atoms with Crippen LogP contribution < -0.4 is 11.1 Å². The molecule has 1 aliphatic rings. The third kappa shape index (κ3) is 4.19. The molecule has 0 spiro atoms. The summed E-state index contributed by atoms with van der Waals surface area (Å²) in [5.74, 6) is 0.907. The lowest BCUT2D eigenvalue weighted by molar-refractivity contribution is 0.0313. The summed E-state index contributed by atoms with van der Waals surface area (Å²) < 4.78 is 10.0. The van der Waals surface area contributed by atoms with E-state index in [4.69, 9.17) is 10.5 Å². The fourth-order valence-electron chi connectivity index (χ4n) is 2.11. The molecule has 0 aliphatic heterocycles. The van der Waals surface area contributed by atoms with E-state index in [1.165, 1.54) is 11.5 Å². The number of hydrogen-bond acceptors (Lipinski definition) is 6. The van der Waals surface area contributed by atoms with E-state index in [-0.39, 0.29) is 0 Å². The first kappa shape index (κ1) is 13.7. The molecule has 0 saturated heterocycles. The molecule has 1 saturated carbocycles. The van der Waals surface area contributed by atoms with E-state index in [1.54, 1.807) is 0 Å². The Morgan fingerprint density at radius 3 is 2.83 bits per heavy atom. The fraction of sp³-hybridized carbons (Fsp3) is 0.833. The molecule has 0 amide bonds. The summed E-state index contributed by atoms with van der Waals surface area (Å²) in [6, 6.07) is 0.386. The number of hydrogen-bond donors (Lipinski definition) is 2. The molecule has 0 atom stereocenters. The van der Waals surface area contributed by atoms with Crippen molar-refractivity contribution in [2.24, 2.45) is 5.73 Å². The lowest BCUT2D eigenvalue weighted by Crippen LogP contribution is -2.31. The SMILES string of the molecule is CCc1nsc(NCCOC2CCC(N)CC2)n1. The minimum Gasteiger partial charge on any atom is -0.376 e. The number of rotatable bonds is 6. The number of nitrogens with zero attached hydrogens (tertiary/aromatic N) is 2. The minimum absolute atomic E-state index is 0.386. The maximum absolute atomic E-state index is 5.86. The van der Waals surface area contributed by atoms with Gasteiger partial charge in [-0.05, 0) is 25.7 Å². The number of anilines is 1. The Kier molecular flexibility index (Phi) is 5.34. The van der Waals surface area contributed by atoms with Gasteiger partial charge in [0.25, 0.3) is 0 Å². The van der Waals surface area contributed by atoms with Crippen LogP contribution in [0.15, 0.2) is 0 Å². The van der Waals surface area contributed by atoms with Gasteiger partial charge in [0.05, 0.1) is 12.7 Å². The largest absolute Gasteiger partial charge is 0.376 e. The van der Waals surface area contributed by atoms with Crippen LogP contribution in [0.1, 0.15) is 38.4 Å². The van der Waals surface area contributed by atoms with Crippen molar-refractivity contribution in [3.05, 3.63) is 5.82 Å². The monoisotopic (exact) mass is 270 g/mol. The Labute approximate surface area is 112 Å². The van der Waals surface area contributed by atoms with Crippen molar-refractivity contribution < 1.29 is 4.74 Å². The molecule has 1 aliphatic carbocycles. The van der Waals surface area contributed by atoms with Crippen LogP contribution in [0.4, 0.5) is 5.13 Å². The van der Waals surface area contributed by atoms with Crippen LogP contribution in [0, 0.1) is 0 Å². The highest BCUT2D eigenvalue weighted by Gasteiger charge is 2.18. The third-order valence-corrected chi connectivity index (χ3v) is 3.95. The van der Waals surface area contributed by atoms with Gasteiger partial charge in [-0.25, -0.2) is 4.98 Å². The Balaban J connectivity index is 1.58. The van der Waals surface area contributed by atoms with Gasteiger partial charge in [0.1, 0.15) is 5.82 Å². The zero-order chi connectivity index (χ0) is 12.8. The van der Waals surface area contributed by atoms with Crippen LogP contribution in [-0.2, 0) is 11.2 Å². The molecular formula is C12H22N4OS. The van der Waals surface area contributed by atoms with Crippen molar-refractivity contribution in [3.63, 3.8) is 0 Å². The lowest BCUT2D eigenvalue weighted by atomic mass is 9.94. The molecule has 5 nitrogen and oxygen atoms in total. The van der Waals surface area contributed by atoms with Gasteiger partial charge < -0.3 is 15.8 Å². The predicted molar refractivity (Wildman–Crippen MR) is 74.0 cm³/mol. The molecule has 1 aromatic heterocycles. The number of nitrogens with two attached hydrogens (primary N) is 1. The lowest BCUT2D eigenvalue weighted by Gasteiger charge is -2.26. The van der Waals surface area contributed by atoms with Crippen molar-refractivity contribution in [2.45, 2.75) is 51.2 Å². The van der Waals surface area contributed by atoms with E-state index in [2.05, 4.69) is 21.6 Å². The molecule has 1 aromatic rings. The Hall–Kier alpha value is -0.720. The first-order chi connectivity index (χ1) is 8.78.